The Labute approximate surface area is 152 Å². The molecule has 2 aromatic rings. The average molecular weight is 385 g/mol. The van der Waals surface area contributed by atoms with Gasteiger partial charge >= 0.3 is 5.97 Å². The predicted molar refractivity (Wildman–Crippen MR) is 96.0 cm³/mol. The van der Waals surface area contributed by atoms with Crippen molar-refractivity contribution in [2.75, 3.05) is 6.54 Å². The van der Waals surface area contributed by atoms with Crippen LogP contribution in [-0.4, -0.2) is 39.5 Å². The number of thiophene rings is 1. The summed E-state index contributed by atoms with van der Waals surface area (Å²) in [7, 11) is 0. The minimum Gasteiger partial charge on any atom is -0.481 e. The summed E-state index contributed by atoms with van der Waals surface area (Å²) >= 11 is 8.74. The minimum atomic E-state index is -0.886. The molecule has 1 aliphatic carbocycles. The van der Waals surface area contributed by atoms with Gasteiger partial charge in [-0.15, -0.1) is 22.7 Å². The molecule has 128 valence electrons. The molecule has 0 spiro atoms. The maximum atomic E-state index is 12.9. The van der Waals surface area contributed by atoms with E-state index in [2.05, 4.69) is 4.98 Å². The van der Waals surface area contributed by atoms with Crippen LogP contribution in [0.5, 0.6) is 0 Å². The first-order valence-corrected chi connectivity index (χ1v) is 9.64. The Balaban J connectivity index is 1.85. The molecule has 0 saturated heterocycles. The van der Waals surface area contributed by atoms with Gasteiger partial charge in [-0.2, -0.15) is 0 Å². The van der Waals surface area contributed by atoms with Gasteiger partial charge in [0.25, 0.3) is 5.91 Å². The Morgan fingerprint density at radius 2 is 2.12 bits per heavy atom. The molecular formula is C16H17ClN2O3S2. The first-order valence-electron chi connectivity index (χ1n) is 7.63. The zero-order valence-electron chi connectivity index (χ0n) is 13.3. The van der Waals surface area contributed by atoms with E-state index in [4.69, 9.17) is 16.7 Å². The summed E-state index contributed by atoms with van der Waals surface area (Å²) in [6.07, 6.45) is 1.87. The molecule has 1 atom stereocenters. The molecule has 1 N–H and O–H groups in total. The molecule has 8 heteroatoms. The van der Waals surface area contributed by atoms with Crippen molar-refractivity contribution in [1.29, 1.82) is 0 Å². The van der Waals surface area contributed by atoms with Crippen molar-refractivity contribution in [3.8, 4) is 9.88 Å². The number of carboxylic acids is 1. The zero-order chi connectivity index (χ0) is 17.4. The number of thiazole rings is 1. The molecular weight excluding hydrogens is 368 g/mol. The van der Waals surface area contributed by atoms with Gasteiger partial charge in [0.05, 0.1) is 20.8 Å². The lowest BCUT2D eigenvalue weighted by Gasteiger charge is -2.23. The van der Waals surface area contributed by atoms with Crippen LogP contribution in [0.15, 0.2) is 12.1 Å². The quantitative estimate of drug-likeness (QED) is 0.811. The third kappa shape index (κ3) is 3.63. The highest BCUT2D eigenvalue weighted by atomic mass is 35.5. The summed E-state index contributed by atoms with van der Waals surface area (Å²) in [5.41, 5.74) is 0.679. The monoisotopic (exact) mass is 384 g/mol. The molecule has 0 aromatic carbocycles. The molecule has 3 rings (SSSR count). The average Bonchev–Trinajstić information content (AvgIpc) is 3.16. The molecule has 5 nitrogen and oxygen atoms in total. The Morgan fingerprint density at radius 1 is 1.42 bits per heavy atom. The minimum absolute atomic E-state index is 0.116. The zero-order valence-corrected chi connectivity index (χ0v) is 15.7. The first-order chi connectivity index (χ1) is 11.4. The van der Waals surface area contributed by atoms with Crippen molar-refractivity contribution < 1.29 is 14.7 Å². The summed E-state index contributed by atoms with van der Waals surface area (Å²) in [6.45, 7) is 3.67. The number of hydrogen-bond acceptors (Lipinski definition) is 5. The molecule has 24 heavy (non-hydrogen) atoms. The van der Waals surface area contributed by atoms with Crippen LogP contribution in [0.3, 0.4) is 0 Å². The number of carbonyl (C=O) groups excluding carboxylic acids is 1. The maximum Gasteiger partial charge on any atom is 0.308 e. The van der Waals surface area contributed by atoms with Crippen molar-refractivity contribution in [2.45, 2.75) is 32.7 Å². The third-order valence-electron chi connectivity index (χ3n) is 3.92. The second-order valence-electron chi connectivity index (χ2n) is 5.97. The Hall–Kier alpha value is -1.44. The van der Waals surface area contributed by atoms with Gasteiger partial charge in [-0.25, -0.2) is 4.98 Å². The molecule has 2 aromatic heterocycles. The number of aromatic nitrogens is 1. The number of nitrogens with zero attached hydrogens (tertiary/aromatic N) is 2. The molecule has 1 unspecified atom stereocenters. The van der Waals surface area contributed by atoms with E-state index >= 15 is 0 Å². The number of amides is 1. The van der Waals surface area contributed by atoms with E-state index in [9.17, 15) is 9.59 Å². The Kier molecular flexibility index (Phi) is 4.94. The lowest BCUT2D eigenvalue weighted by atomic mass is 10.1. The number of carbonyl (C=O) groups is 2. The van der Waals surface area contributed by atoms with Crippen molar-refractivity contribution in [2.24, 2.45) is 5.92 Å². The largest absolute Gasteiger partial charge is 0.481 e. The van der Waals surface area contributed by atoms with Crippen LogP contribution in [0.1, 0.15) is 35.1 Å². The van der Waals surface area contributed by atoms with E-state index < -0.39 is 11.9 Å². The number of halogens is 1. The van der Waals surface area contributed by atoms with Gasteiger partial charge in [-0.05, 0) is 31.9 Å². The van der Waals surface area contributed by atoms with Gasteiger partial charge in [0.15, 0.2) is 0 Å². The highest BCUT2D eigenvalue weighted by molar-refractivity contribution is 7.24. The second-order valence-corrected chi connectivity index (χ2v) is 8.68. The van der Waals surface area contributed by atoms with Gasteiger partial charge in [0.2, 0.25) is 0 Å². The van der Waals surface area contributed by atoms with Crippen molar-refractivity contribution >= 4 is 46.2 Å². The van der Waals surface area contributed by atoms with E-state index in [1.807, 2.05) is 19.1 Å². The Bertz CT molecular complexity index is 782. The lowest BCUT2D eigenvalue weighted by molar-refractivity contribution is -0.141. The molecule has 1 saturated carbocycles. The highest BCUT2D eigenvalue weighted by Gasteiger charge is 2.36. The van der Waals surface area contributed by atoms with Crippen LogP contribution in [0.25, 0.3) is 9.88 Å². The first kappa shape index (κ1) is 17.4. The fourth-order valence-electron chi connectivity index (χ4n) is 2.42. The van der Waals surface area contributed by atoms with Gasteiger partial charge in [0, 0.05) is 12.6 Å². The molecule has 1 aliphatic rings. The summed E-state index contributed by atoms with van der Waals surface area (Å²) in [5.74, 6) is -1.59. The molecule has 0 aliphatic heterocycles. The van der Waals surface area contributed by atoms with Crippen molar-refractivity contribution in [1.82, 2.24) is 9.88 Å². The Morgan fingerprint density at radius 3 is 2.67 bits per heavy atom. The summed E-state index contributed by atoms with van der Waals surface area (Å²) in [5, 5.41) is 9.91. The highest BCUT2D eigenvalue weighted by Crippen LogP contribution is 2.37. The molecule has 1 amide bonds. The van der Waals surface area contributed by atoms with Crippen LogP contribution in [-0.2, 0) is 4.79 Å². The van der Waals surface area contributed by atoms with Crippen molar-refractivity contribution in [3.63, 3.8) is 0 Å². The second kappa shape index (κ2) is 6.82. The normalized spacial score (nSPS) is 15.3. The standard InChI is InChI=1S/C16H17ClN2O3S2/c1-8(16(21)22)7-19(10-3-4-10)15(20)13-9(2)18-14(24-13)11-5-6-12(17)23-11/h5-6,8,10H,3-4,7H2,1-2H3,(H,21,22). The van der Waals surface area contributed by atoms with E-state index in [1.54, 1.807) is 11.8 Å². The number of carboxylic acid groups (broad SMARTS) is 1. The van der Waals surface area contributed by atoms with E-state index in [0.717, 1.165) is 22.7 Å². The molecule has 0 bridgehead atoms. The van der Waals surface area contributed by atoms with Crippen LogP contribution < -0.4 is 0 Å². The van der Waals surface area contributed by atoms with Gasteiger partial charge in [0.1, 0.15) is 9.88 Å². The van der Waals surface area contributed by atoms with Gasteiger partial charge < -0.3 is 10.0 Å². The number of hydrogen-bond donors (Lipinski definition) is 1. The number of aryl methyl sites for hydroxylation is 1. The fourth-order valence-corrected chi connectivity index (χ4v) is 4.54. The van der Waals surface area contributed by atoms with E-state index in [0.29, 0.717) is 14.9 Å². The van der Waals surface area contributed by atoms with Crippen LogP contribution in [0.2, 0.25) is 4.34 Å². The van der Waals surface area contributed by atoms with Crippen LogP contribution in [0, 0.1) is 12.8 Å². The number of aliphatic carboxylic acids is 1. The third-order valence-corrected chi connectivity index (χ3v) is 6.46. The predicted octanol–water partition coefficient (Wildman–Crippen LogP) is 4.16. The fraction of sp³-hybridized carbons (Fsp3) is 0.438. The summed E-state index contributed by atoms with van der Waals surface area (Å²) in [4.78, 5) is 31.8. The topological polar surface area (TPSA) is 70.5 Å². The SMILES string of the molecule is Cc1nc(-c2ccc(Cl)s2)sc1C(=O)N(CC(C)C(=O)O)C1CC1. The molecule has 0 radical (unpaired) electrons. The van der Waals surface area contributed by atoms with Crippen molar-refractivity contribution in [3.05, 3.63) is 27.0 Å². The smallest absolute Gasteiger partial charge is 0.308 e. The van der Waals surface area contributed by atoms with Gasteiger partial charge in [-0.1, -0.05) is 18.5 Å². The van der Waals surface area contributed by atoms with Gasteiger partial charge in [-0.3, -0.25) is 9.59 Å². The molecule has 1 fully saturated rings. The number of rotatable bonds is 6. The summed E-state index contributed by atoms with van der Waals surface area (Å²) < 4.78 is 0.681. The van der Waals surface area contributed by atoms with Crippen LogP contribution >= 0.6 is 34.3 Å². The van der Waals surface area contributed by atoms with E-state index in [-0.39, 0.29) is 18.5 Å². The summed E-state index contributed by atoms with van der Waals surface area (Å²) in [6, 6.07) is 3.86. The lowest BCUT2D eigenvalue weighted by Crippen LogP contribution is -2.38. The maximum absolute atomic E-state index is 12.9. The van der Waals surface area contributed by atoms with E-state index in [1.165, 1.54) is 22.7 Å². The molecule has 2 heterocycles. The van der Waals surface area contributed by atoms with Crippen LogP contribution in [0.4, 0.5) is 0 Å².